The number of hydrogen-bond donors (Lipinski definition) is 1. The van der Waals surface area contributed by atoms with Gasteiger partial charge in [-0.25, -0.2) is 14.3 Å². The zero-order chi connectivity index (χ0) is 22.3. The van der Waals surface area contributed by atoms with Crippen molar-refractivity contribution in [3.8, 4) is 0 Å². The molecule has 0 saturated heterocycles. The Morgan fingerprint density at radius 1 is 1.20 bits per heavy atom. The van der Waals surface area contributed by atoms with Gasteiger partial charge >= 0.3 is 24.2 Å². The molecule has 162 valence electrons. The lowest BCUT2D eigenvalue weighted by molar-refractivity contribution is -0.301. The van der Waals surface area contributed by atoms with E-state index in [1.54, 1.807) is 30.3 Å². The minimum Gasteiger partial charge on any atom is -0.476 e. The molecular formula is C18H16F5N3O4. The quantitative estimate of drug-likeness (QED) is 0.729. The SMILES string of the molecule is C[C@@H]1C[C@H](C(F)(F)C(F)(F)F)n2nc(C(=O)O)cc2N1C(=O)OCc1ccccc1. The van der Waals surface area contributed by atoms with Gasteiger partial charge < -0.3 is 9.84 Å². The lowest BCUT2D eigenvalue weighted by Gasteiger charge is -2.40. The van der Waals surface area contributed by atoms with E-state index in [1.807, 2.05) is 0 Å². The van der Waals surface area contributed by atoms with Gasteiger partial charge in [0.25, 0.3) is 0 Å². The van der Waals surface area contributed by atoms with E-state index in [9.17, 15) is 31.5 Å². The minimum atomic E-state index is -5.89. The predicted octanol–water partition coefficient (Wildman–Crippen LogP) is 4.26. The minimum absolute atomic E-state index is 0.176. The van der Waals surface area contributed by atoms with Crippen LogP contribution in [-0.2, 0) is 11.3 Å². The highest BCUT2D eigenvalue weighted by Crippen LogP contribution is 2.49. The van der Waals surface area contributed by atoms with Crippen molar-refractivity contribution in [3.63, 3.8) is 0 Å². The molecule has 0 bridgehead atoms. The number of aromatic nitrogens is 2. The fourth-order valence-corrected chi connectivity index (χ4v) is 3.21. The Morgan fingerprint density at radius 2 is 1.83 bits per heavy atom. The molecule has 2 atom stereocenters. The lowest BCUT2D eigenvalue weighted by Crippen LogP contribution is -2.53. The molecule has 0 aliphatic carbocycles. The first-order valence-electron chi connectivity index (χ1n) is 8.70. The number of halogens is 5. The summed E-state index contributed by atoms with van der Waals surface area (Å²) in [5.41, 5.74) is -0.153. The molecule has 0 fully saturated rings. The number of carbonyl (C=O) groups excluding carboxylic acids is 1. The summed E-state index contributed by atoms with van der Waals surface area (Å²) in [5, 5.41) is 12.5. The van der Waals surface area contributed by atoms with Crippen LogP contribution >= 0.6 is 0 Å². The maximum atomic E-state index is 14.1. The van der Waals surface area contributed by atoms with Crippen molar-refractivity contribution >= 4 is 17.9 Å². The summed E-state index contributed by atoms with van der Waals surface area (Å²) < 4.78 is 72.5. The van der Waals surface area contributed by atoms with Crippen molar-refractivity contribution in [2.45, 2.75) is 44.1 Å². The van der Waals surface area contributed by atoms with Gasteiger partial charge in [0.1, 0.15) is 18.5 Å². The van der Waals surface area contributed by atoms with Crippen molar-refractivity contribution in [1.29, 1.82) is 0 Å². The number of fused-ring (bicyclic) bond motifs is 1. The van der Waals surface area contributed by atoms with Crippen LogP contribution < -0.4 is 4.90 Å². The summed E-state index contributed by atoms with van der Waals surface area (Å²) in [7, 11) is 0. The first-order chi connectivity index (χ1) is 13.9. The molecule has 1 aromatic carbocycles. The van der Waals surface area contributed by atoms with Gasteiger partial charge in [-0.15, -0.1) is 0 Å². The molecule has 30 heavy (non-hydrogen) atoms. The van der Waals surface area contributed by atoms with Crippen molar-refractivity contribution in [2.24, 2.45) is 0 Å². The highest BCUT2D eigenvalue weighted by molar-refractivity contribution is 5.91. The number of carboxylic acid groups (broad SMARTS) is 1. The third-order valence-corrected chi connectivity index (χ3v) is 4.68. The number of amides is 1. The summed E-state index contributed by atoms with van der Waals surface area (Å²) >= 11 is 0. The van der Waals surface area contributed by atoms with E-state index in [4.69, 9.17) is 9.84 Å². The Balaban J connectivity index is 1.96. The smallest absolute Gasteiger partial charge is 0.455 e. The lowest BCUT2D eigenvalue weighted by atomic mass is 9.98. The molecule has 0 radical (unpaired) electrons. The molecule has 1 aromatic heterocycles. The fraction of sp³-hybridized carbons (Fsp3) is 0.389. The molecule has 0 saturated carbocycles. The number of rotatable bonds is 4. The molecule has 0 unspecified atom stereocenters. The molecule has 1 amide bonds. The number of aromatic carboxylic acids is 1. The third-order valence-electron chi connectivity index (χ3n) is 4.68. The van der Waals surface area contributed by atoms with E-state index >= 15 is 0 Å². The monoisotopic (exact) mass is 433 g/mol. The van der Waals surface area contributed by atoms with Crippen molar-refractivity contribution in [1.82, 2.24) is 9.78 Å². The van der Waals surface area contributed by atoms with Crippen LogP contribution in [0, 0.1) is 0 Å². The summed E-state index contributed by atoms with van der Waals surface area (Å²) in [6.45, 7) is 1.09. The Labute approximate surface area is 166 Å². The Bertz CT molecular complexity index is 945. The first-order valence-corrected chi connectivity index (χ1v) is 8.70. The number of hydrogen-bond acceptors (Lipinski definition) is 4. The molecule has 3 rings (SSSR count). The Kier molecular flexibility index (Phi) is 5.44. The average Bonchev–Trinajstić information content (AvgIpc) is 3.10. The highest BCUT2D eigenvalue weighted by Gasteiger charge is 2.65. The van der Waals surface area contributed by atoms with Gasteiger partial charge in [-0.05, 0) is 18.9 Å². The van der Waals surface area contributed by atoms with Crippen LogP contribution in [0.4, 0.5) is 32.6 Å². The van der Waals surface area contributed by atoms with Crippen LogP contribution in [0.5, 0.6) is 0 Å². The number of ether oxygens (including phenoxy) is 1. The van der Waals surface area contributed by atoms with Crippen LogP contribution in [0.2, 0.25) is 0 Å². The molecule has 1 N–H and O–H groups in total. The molecule has 1 aliphatic heterocycles. The number of anilines is 1. The van der Waals surface area contributed by atoms with Crippen molar-refractivity contribution < 1.29 is 41.4 Å². The number of carboxylic acids is 1. The second kappa shape index (κ2) is 7.58. The van der Waals surface area contributed by atoms with Crippen molar-refractivity contribution in [3.05, 3.63) is 47.7 Å². The van der Waals surface area contributed by atoms with Crippen LogP contribution in [0.15, 0.2) is 36.4 Å². The average molecular weight is 433 g/mol. The van der Waals surface area contributed by atoms with E-state index in [-0.39, 0.29) is 11.3 Å². The van der Waals surface area contributed by atoms with Gasteiger partial charge in [-0.2, -0.15) is 27.1 Å². The Hall–Kier alpha value is -3.18. The van der Waals surface area contributed by atoms with Crippen LogP contribution in [0.25, 0.3) is 0 Å². The maximum absolute atomic E-state index is 14.1. The van der Waals surface area contributed by atoms with Gasteiger partial charge in [-0.3, -0.25) is 4.90 Å². The zero-order valence-corrected chi connectivity index (χ0v) is 15.4. The highest BCUT2D eigenvalue weighted by atomic mass is 19.4. The van der Waals surface area contributed by atoms with Crippen LogP contribution in [-0.4, -0.2) is 45.1 Å². The van der Waals surface area contributed by atoms with Crippen molar-refractivity contribution in [2.75, 3.05) is 4.90 Å². The summed E-state index contributed by atoms with van der Waals surface area (Å²) in [5.74, 6) is -7.35. The molecule has 2 aromatic rings. The summed E-state index contributed by atoms with van der Waals surface area (Å²) in [4.78, 5) is 24.6. The molecule has 0 spiro atoms. The van der Waals surface area contributed by atoms with E-state index in [0.717, 1.165) is 11.0 Å². The second-order valence-corrected chi connectivity index (χ2v) is 6.77. The molecule has 12 heteroatoms. The number of benzene rings is 1. The normalized spacial score (nSPS) is 19.3. The van der Waals surface area contributed by atoms with Gasteiger partial charge in [0.15, 0.2) is 5.69 Å². The molecule has 1 aliphatic rings. The number of nitrogens with zero attached hydrogens (tertiary/aromatic N) is 3. The maximum Gasteiger partial charge on any atom is 0.455 e. The predicted molar refractivity (Wildman–Crippen MR) is 92.4 cm³/mol. The van der Waals surface area contributed by atoms with Crippen LogP contribution in [0.3, 0.4) is 0 Å². The molecular weight excluding hydrogens is 417 g/mol. The van der Waals surface area contributed by atoms with E-state index in [1.165, 1.54) is 6.92 Å². The van der Waals surface area contributed by atoms with Gasteiger partial charge in [0, 0.05) is 12.1 Å². The second-order valence-electron chi connectivity index (χ2n) is 6.77. The zero-order valence-electron chi connectivity index (χ0n) is 15.4. The fourth-order valence-electron chi connectivity index (χ4n) is 3.21. The Morgan fingerprint density at radius 3 is 2.40 bits per heavy atom. The summed E-state index contributed by atoms with van der Waals surface area (Å²) in [6.07, 6.45) is -7.74. The third kappa shape index (κ3) is 3.81. The van der Waals surface area contributed by atoms with Crippen LogP contribution in [0.1, 0.15) is 35.4 Å². The topological polar surface area (TPSA) is 84.7 Å². The van der Waals surface area contributed by atoms with E-state index < -0.39 is 54.2 Å². The number of carbonyl (C=O) groups is 2. The van der Waals surface area contributed by atoms with E-state index in [2.05, 4.69) is 5.10 Å². The number of alkyl halides is 5. The van der Waals surface area contributed by atoms with E-state index in [0.29, 0.717) is 5.56 Å². The largest absolute Gasteiger partial charge is 0.476 e. The first kappa shape index (κ1) is 21.5. The molecule has 7 nitrogen and oxygen atoms in total. The van der Waals surface area contributed by atoms with Gasteiger partial charge in [0.05, 0.1) is 0 Å². The summed E-state index contributed by atoms with van der Waals surface area (Å²) in [6, 6.07) is 5.58. The standard InChI is InChI=1S/C18H16F5N3O4/c1-10-7-13(17(19,20)18(21,22)23)26-14(8-12(24-26)15(27)28)25(10)16(29)30-9-11-5-3-2-4-6-11/h2-6,8,10,13H,7,9H2,1H3,(H,27,28)/t10-,13-/m1/s1. The molecule has 2 heterocycles. The van der Waals surface area contributed by atoms with Gasteiger partial charge in [-0.1, -0.05) is 30.3 Å². The van der Waals surface area contributed by atoms with Gasteiger partial charge in [0.2, 0.25) is 0 Å².